The highest BCUT2D eigenvalue weighted by Gasteiger charge is 2.13. The number of aromatic amines is 1. The van der Waals surface area contributed by atoms with E-state index in [1.54, 1.807) is 23.9 Å². The summed E-state index contributed by atoms with van der Waals surface area (Å²) in [4.78, 5) is 5.42. The molecule has 114 valence electrons. The molecule has 1 aromatic heterocycles. The van der Waals surface area contributed by atoms with Gasteiger partial charge in [-0.25, -0.2) is 4.39 Å². The maximum Gasteiger partial charge on any atom is 0.123 e. The first-order valence-electron chi connectivity index (χ1n) is 6.97. The third-order valence-electron chi connectivity index (χ3n) is 3.50. The molecule has 0 bridgehead atoms. The van der Waals surface area contributed by atoms with Gasteiger partial charge in [-0.15, -0.1) is 0 Å². The standard InChI is InChI=1S/C17H16ClFN2S/c1-10-17(14-8-13(19)5-6-15(14)21-10)22-16-7-12(18)4-3-11(16)9-20-2/h3-8,20-21H,9H2,1-2H3. The van der Waals surface area contributed by atoms with Gasteiger partial charge in [0, 0.05) is 38.0 Å². The van der Waals surface area contributed by atoms with Crippen LogP contribution in [-0.2, 0) is 6.54 Å². The first-order valence-corrected chi connectivity index (χ1v) is 8.16. The van der Waals surface area contributed by atoms with Crippen molar-refractivity contribution in [3.05, 3.63) is 58.5 Å². The van der Waals surface area contributed by atoms with Crippen LogP contribution in [0.5, 0.6) is 0 Å². The number of benzene rings is 2. The number of nitrogens with one attached hydrogen (secondary N) is 2. The van der Waals surface area contributed by atoms with Gasteiger partial charge in [0.05, 0.1) is 0 Å². The number of H-pyrrole nitrogens is 1. The van der Waals surface area contributed by atoms with Crippen LogP contribution in [-0.4, -0.2) is 12.0 Å². The zero-order valence-corrected chi connectivity index (χ0v) is 13.9. The summed E-state index contributed by atoms with van der Waals surface area (Å²) in [7, 11) is 1.91. The molecule has 0 aliphatic rings. The van der Waals surface area contributed by atoms with E-state index in [1.807, 2.05) is 32.2 Å². The zero-order chi connectivity index (χ0) is 15.7. The van der Waals surface area contributed by atoms with E-state index in [-0.39, 0.29) is 5.82 Å². The van der Waals surface area contributed by atoms with Crippen LogP contribution >= 0.6 is 23.4 Å². The van der Waals surface area contributed by atoms with Crippen molar-refractivity contribution < 1.29 is 4.39 Å². The van der Waals surface area contributed by atoms with Gasteiger partial charge in [-0.1, -0.05) is 29.4 Å². The number of halogens is 2. The van der Waals surface area contributed by atoms with E-state index >= 15 is 0 Å². The second-order valence-corrected chi connectivity index (χ2v) is 6.64. The molecule has 1 heterocycles. The van der Waals surface area contributed by atoms with Crippen LogP contribution in [0.1, 0.15) is 11.3 Å². The summed E-state index contributed by atoms with van der Waals surface area (Å²) in [5.41, 5.74) is 3.14. The second kappa shape index (κ2) is 6.32. The van der Waals surface area contributed by atoms with Crippen molar-refractivity contribution in [3.8, 4) is 0 Å². The van der Waals surface area contributed by atoms with Crippen molar-refractivity contribution in [2.45, 2.75) is 23.3 Å². The van der Waals surface area contributed by atoms with Crippen molar-refractivity contribution in [2.24, 2.45) is 0 Å². The fraction of sp³-hybridized carbons (Fsp3) is 0.176. The minimum atomic E-state index is -0.227. The molecule has 0 amide bonds. The lowest BCUT2D eigenvalue weighted by Gasteiger charge is -2.10. The van der Waals surface area contributed by atoms with Gasteiger partial charge in [-0.3, -0.25) is 0 Å². The molecular weight excluding hydrogens is 319 g/mol. The molecule has 22 heavy (non-hydrogen) atoms. The zero-order valence-electron chi connectivity index (χ0n) is 12.3. The Bertz CT molecular complexity index is 829. The van der Waals surface area contributed by atoms with E-state index in [0.29, 0.717) is 5.02 Å². The van der Waals surface area contributed by atoms with E-state index in [4.69, 9.17) is 11.6 Å². The van der Waals surface area contributed by atoms with Crippen LogP contribution in [0.4, 0.5) is 4.39 Å². The molecule has 3 rings (SSSR count). The molecule has 0 saturated carbocycles. The van der Waals surface area contributed by atoms with Crippen molar-refractivity contribution in [2.75, 3.05) is 7.05 Å². The van der Waals surface area contributed by atoms with Gasteiger partial charge in [0.25, 0.3) is 0 Å². The maximum atomic E-state index is 13.6. The number of rotatable bonds is 4. The minimum absolute atomic E-state index is 0.227. The fourth-order valence-corrected chi connectivity index (χ4v) is 3.87. The van der Waals surface area contributed by atoms with Gasteiger partial charge in [-0.05, 0) is 49.9 Å². The first kappa shape index (κ1) is 15.4. The first-order chi connectivity index (χ1) is 10.6. The molecule has 5 heteroatoms. The van der Waals surface area contributed by atoms with Crippen molar-refractivity contribution in [1.29, 1.82) is 0 Å². The fourth-order valence-electron chi connectivity index (χ4n) is 2.48. The third-order valence-corrected chi connectivity index (χ3v) is 5.06. The van der Waals surface area contributed by atoms with Crippen LogP contribution in [0, 0.1) is 12.7 Å². The second-order valence-electron chi connectivity index (χ2n) is 5.15. The van der Waals surface area contributed by atoms with E-state index in [1.165, 1.54) is 11.6 Å². The Balaban J connectivity index is 2.08. The number of aromatic nitrogens is 1. The Morgan fingerprint density at radius 1 is 1.23 bits per heavy atom. The maximum absolute atomic E-state index is 13.6. The lowest BCUT2D eigenvalue weighted by Crippen LogP contribution is -2.06. The summed E-state index contributed by atoms with van der Waals surface area (Å²) in [5, 5.41) is 4.76. The minimum Gasteiger partial charge on any atom is -0.358 e. The van der Waals surface area contributed by atoms with E-state index in [2.05, 4.69) is 10.3 Å². The van der Waals surface area contributed by atoms with Gasteiger partial charge in [0.1, 0.15) is 5.82 Å². The normalized spacial score (nSPS) is 11.3. The Hall–Kier alpha value is -1.49. The summed E-state index contributed by atoms with van der Waals surface area (Å²) in [6, 6.07) is 10.7. The monoisotopic (exact) mass is 334 g/mol. The predicted molar refractivity (Wildman–Crippen MR) is 91.3 cm³/mol. The van der Waals surface area contributed by atoms with Gasteiger partial charge in [-0.2, -0.15) is 0 Å². The Morgan fingerprint density at radius 3 is 2.82 bits per heavy atom. The van der Waals surface area contributed by atoms with Gasteiger partial charge < -0.3 is 10.3 Å². The summed E-state index contributed by atoms with van der Waals surface area (Å²) in [5.74, 6) is -0.227. The molecule has 3 aromatic rings. The highest BCUT2D eigenvalue weighted by molar-refractivity contribution is 7.99. The molecule has 0 spiro atoms. The van der Waals surface area contributed by atoms with Crippen molar-refractivity contribution >= 4 is 34.3 Å². The number of aryl methyl sites for hydroxylation is 1. The molecule has 0 fully saturated rings. The Morgan fingerprint density at radius 2 is 2.05 bits per heavy atom. The van der Waals surface area contributed by atoms with E-state index < -0.39 is 0 Å². The van der Waals surface area contributed by atoms with E-state index in [9.17, 15) is 4.39 Å². The highest BCUT2D eigenvalue weighted by atomic mass is 35.5. The molecule has 2 N–H and O–H groups in total. The lowest BCUT2D eigenvalue weighted by atomic mass is 10.2. The molecule has 0 radical (unpaired) electrons. The van der Waals surface area contributed by atoms with Crippen molar-refractivity contribution in [1.82, 2.24) is 10.3 Å². The summed E-state index contributed by atoms with van der Waals surface area (Å²) < 4.78 is 13.6. The molecule has 0 unspecified atom stereocenters. The van der Waals surface area contributed by atoms with Gasteiger partial charge >= 0.3 is 0 Å². The number of hydrogen-bond donors (Lipinski definition) is 2. The van der Waals surface area contributed by atoms with Gasteiger partial charge in [0.2, 0.25) is 0 Å². The molecule has 2 nitrogen and oxygen atoms in total. The topological polar surface area (TPSA) is 27.8 Å². The Kier molecular flexibility index (Phi) is 4.43. The molecular formula is C17H16ClFN2S. The van der Waals surface area contributed by atoms with Crippen LogP contribution in [0.2, 0.25) is 5.02 Å². The number of hydrogen-bond acceptors (Lipinski definition) is 2. The molecule has 0 saturated heterocycles. The van der Waals surface area contributed by atoms with Crippen LogP contribution < -0.4 is 5.32 Å². The summed E-state index contributed by atoms with van der Waals surface area (Å²) >= 11 is 7.76. The summed E-state index contributed by atoms with van der Waals surface area (Å²) in [6.07, 6.45) is 0. The lowest BCUT2D eigenvalue weighted by molar-refractivity contribution is 0.629. The highest BCUT2D eigenvalue weighted by Crippen LogP contribution is 2.39. The third kappa shape index (κ3) is 3.00. The number of fused-ring (bicyclic) bond motifs is 1. The largest absolute Gasteiger partial charge is 0.358 e. The molecule has 0 aliphatic heterocycles. The average Bonchev–Trinajstić information content (AvgIpc) is 2.78. The summed E-state index contributed by atoms with van der Waals surface area (Å²) in [6.45, 7) is 2.76. The van der Waals surface area contributed by atoms with Crippen LogP contribution in [0.3, 0.4) is 0 Å². The van der Waals surface area contributed by atoms with Crippen LogP contribution in [0.15, 0.2) is 46.2 Å². The SMILES string of the molecule is CNCc1ccc(Cl)cc1Sc1c(C)[nH]c2ccc(F)cc12. The van der Waals surface area contributed by atoms with Crippen molar-refractivity contribution in [3.63, 3.8) is 0 Å². The van der Waals surface area contributed by atoms with Gasteiger partial charge in [0.15, 0.2) is 0 Å². The molecule has 2 aromatic carbocycles. The Labute approximate surface area is 138 Å². The van der Waals surface area contributed by atoms with Crippen LogP contribution in [0.25, 0.3) is 10.9 Å². The quantitative estimate of drug-likeness (QED) is 0.691. The smallest absolute Gasteiger partial charge is 0.123 e. The average molecular weight is 335 g/mol. The molecule has 0 atom stereocenters. The molecule has 0 aliphatic carbocycles. The van der Waals surface area contributed by atoms with E-state index in [0.717, 1.165) is 32.9 Å². The predicted octanol–water partition coefficient (Wildman–Crippen LogP) is 5.14.